The number of rotatable bonds is 2. The van der Waals surface area contributed by atoms with E-state index >= 15 is 0 Å². The van der Waals surface area contributed by atoms with Gasteiger partial charge < -0.3 is 9.90 Å². The third kappa shape index (κ3) is 1.83. The Kier molecular flexibility index (Phi) is 4.25. The van der Waals surface area contributed by atoms with E-state index in [1.54, 1.807) is 0 Å². The fraction of sp³-hybridized carbons (Fsp3) is 0.500. The second-order valence-corrected chi connectivity index (χ2v) is 4.23. The van der Waals surface area contributed by atoms with Crippen molar-refractivity contribution < 1.29 is 66.1 Å². The minimum atomic E-state index is -1.24. The number of carboxylic acids is 1. The van der Waals surface area contributed by atoms with Gasteiger partial charge in [-0.05, 0) is 6.42 Å². The summed E-state index contributed by atoms with van der Waals surface area (Å²) in [6.45, 7) is 1.88. The van der Waals surface area contributed by atoms with Gasteiger partial charge in [-0.2, -0.15) is 0 Å². The fourth-order valence-electron chi connectivity index (χ4n) is 1.57. The van der Waals surface area contributed by atoms with Gasteiger partial charge in [0.25, 0.3) is 0 Å². The van der Waals surface area contributed by atoms with Crippen LogP contribution in [0.1, 0.15) is 19.8 Å². The summed E-state index contributed by atoms with van der Waals surface area (Å²) in [7, 11) is 0. The smallest absolute Gasteiger partial charge is 0.543 e. The molecule has 70 valence electrons. The van der Waals surface area contributed by atoms with E-state index in [4.69, 9.17) is 0 Å². The molecule has 0 aliphatic carbocycles. The molecule has 1 amide bonds. The molecular formula is C8H8KNO3S. The van der Waals surface area contributed by atoms with Gasteiger partial charge in [-0.25, -0.2) is 0 Å². The zero-order chi connectivity index (χ0) is 9.59. The van der Waals surface area contributed by atoms with E-state index in [0.29, 0.717) is 12.8 Å². The Hall–Kier alpha value is 0.666. The number of carboxylic acid groups (broad SMARTS) is 1. The fourth-order valence-corrected chi connectivity index (χ4v) is 2.91. The number of fused-ring (bicyclic) bond motifs is 1. The Morgan fingerprint density at radius 3 is 2.79 bits per heavy atom. The van der Waals surface area contributed by atoms with Gasteiger partial charge in [-0.15, -0.1) is 11.8 Å². The van der Waals surface area contributed by atoms with Crippen molar-refractivity contribution in [2.45, 2.75) is 25.1 Å². The molecule has 0 unspecified atom stereocenters. The summed E-state index contributed by atoms with van der Waals surface area (Å²) in [5.41, 5.74) is 0.0914. The van der Waals surface area contributed by atoms with Gasteiger partial charge in [0.15, 0.2) is 0 Å². The molecule has 0 radical (unpaired) electrons. The number of β-lactam (4-membered cyclic amide) rings is 1. The van der Waals surface area contributed by atoms with Crippen LogP contribution in [0.15, 0.2) is 10.6 Å². The van der Waals surface area contributed by atoms with Crippen LogP contribution in [0.5, 0.6) is 0 Å². The van der Waals surface area contributed by atoms with Gasteiger partial charge in [-0.3, -0.25) is 9.69 Å². The molecule has 2 aliphatic heterocycles. The topological polar surface area (TPSA) is 60.4 Å². The number of amides is 1. The maximum Gasteiger partial charge on any atom is 1.00 e. The van der Waals surface area contributed by atoms with Crippen molar-refractivity contribution in [3.63, 3.8) is 0 Å². The van der Waals surface area contributed by atoms with Gasteiger partial charge in [0.1, 0.15) is 0 Å². The molecule has 1 atom stereocenters. The molecule has 2 heterocycles. The van der Waals surface area contributed by atoms with Crippen LogP contribution in [0, 0.1) is 0 Å². The number of carbonyl (C=O) groups is 2. The molecule has 0 aromatic heterocycles. The molecule has 2 aliphatic rings. The summed E-state index contributed by atoms with van der Waals surface area (Å²) >= 11 is 1.46. The van der Waals surface area contributed by atoms with Crippen LogP contribution in [-0.4, -0.2) is 22.2 Å². The van der Waals surface area contributed by atoms with Crippen molar-refractivity contribution in [3.8, 4) is 0 Å². The van der Waals surface area contributed by atoms with Crippen molar-refractivity contribution >= 4 is 23.6 Å². The molecule has 1 saturated heterocycles. The van der Waals surface area contributed by atoms with E-state index in [9.17, 15) is 14.7 Å². The first-order valence-corrected chi connectivity index (χ1v) is 4.96. The summed E-state index contributed by atoms with van der Waals surface area (Å²) in [6, 6.07) is 0. The quantitative estimate of drug-likeness (QED) is 0.372. The molecular weight excluding hydrogens is 229 g/mol. The van der Waals surface area contributed by atoms with E-state index in [-0.39, 0.29) is 68.4 Å². The maximum absolute atomic E-state index is 11.1. The van der Waals surface area contributed by atoms with Gasteiger partial charge in [0.05, 0.1) is 23.5 Å². The van der Waals surface area contributed by atoms with Crippen molar-refractivity contribution in [2.24, 2.45) is 0 Å². The molecule has 6 heteroatoms. The van der Waals surface area contributed by atoms with Crippen molar-refractivity contribution in [1.82, 2.24) is 4.90 Å². The maximum atomic E-state index is 11.1. The molecule has 0 N–H and O–H groups in total. The van der Waals surface area contributed by atoms with Crippen LogP contribution in [0.3, 0.4) is 0 Å². The molecule has 2 rings (SSSR count). The molecule has 14 heavy (non-hydrogen) atoms. The number of hydrogen-bond acceptors (Lipinski definition) is 4. The third-order valence-corrected chi connectivity index (χ3v) is 3.62. The molecule has 0 aromatic carbocycles. The van der Waals surface area contributed by atoms with E-state index in [0.717, 1.165) is 4.91 Å². The SMILES string of the molecule is CCC1=C(C(=O)[O-])N2C(=O)C[C@H]2S1.[K+]. The first-order chi connectivity index (χ1) is 6.15. The number of aliphatic carboxylic acids is 1. The zero-order valence-corrected chi connectivity index (χ0v) is 12.0. The Morgan fingerprint density at radius 1 is 1.71 bits per heavy atom. The Bertz CT molecular complexity index is 329. The van der Waals surface area contributed by atoms with Crippen molar-refractivity contribution in [3.05, 3.63) is 10.6 Å². The van der Waals surface area contributed by atoms with Gasteiger partial charge in [-0.1, -0.05) is 6.92 Å². The predicted octanol–water partition coefficient (Wildman–Crippen LogP) is -3.33. The van der Waals surface area contributed by atoms with E-state index < -0.39 is 5.97 Å². The van der Waals surface area contributed by atoms with E-state index in [2.05, 4.69) is 0 Å². The Morgan fingerprint density at radius 2 is 2.36 bits per heavy atom. The molecule has 4 nitrogen and oxygen atoms in total. The molecule has 0 aromatic rings. The standard InChI is InChI=1S/C8H9NO3S.K/c1-2-4-7(8(11)12)9-5(10)3-6(9)13-4;/h6H,2-3H2,1H3,(H,11,12);/q;+1/p-1/t6-;/m1./s1. The third-order valence-electron chi connectivity index (χ3n) is 2.20. The average Bonchev–Trinajstić information content (AvgIpc) is 2.37. The largest absolute Gasteiger partial charge is 1.00 e. The van der Waals surface area contributed by atoms with Crippen LogP contribution in [0.2, 0.25) is 0 Å². The zero-order valence-electron chi connectivity index (χ0n) is 8.07. The molecule has 1 fully saturated rings. The van der Waals surface area contributed by atoms with Crippen LogP contribution >= 0.6 is 11.8 Å². The summed E-state index contributed by atoms with van der Waals surface area (Å²) in [5.74, 6) is -1.35. The predicted molar refractivity (Wildman–Crippen MR) is 45.2 cm³/mol. The normalized spacial score (nSPS) is 24.2. The summed E-state index contributed by atoms with van der Waals surface area (Å²) < 4.78 is 0. The van der Waals surface area contributed by atoms with Crippen LogP contribution in [0.25, 0.3) is 0 Å². The number of hydrogen-bond donors (Lipinski definition) is 0. The van der Waals surface area contributed by atoms with Crippen molar-refractivity contribution in [1.29, 1.82) is 0 Å². The Balaban J connectivity index is 0.000000980. The summed E-state index contributed by atoms with van der Waals surface area (Å²) in [5, 5.41) is 10.8. The average molecular weight is 237 g/mol. The van der Waals surface area contributed by atoms with Gasteiger partial charge >= 0.3 is 51.4 Å². The molecule has 0 spiro atoms. The second-order valence-electron chi connectivity index (χ2n) is 2.95. The monoisotopic (exact) mass is 237 g/mol. The van der Waals surface area contributed by atoms with Crippen molar-refractivity contribution in [2.75, 3.05) is 0 Å². The van der Waals surface area contributed by atoms with E-state index in [1.165, 1.54) is 16.7 Å². The summed E-state index contributed by atoms with van der Waals surface area (Å²) in [4.78, 5) is 23.9. The van der Waals surface area contributed by atoms with Crippen LogP contribution in [-0.2, 0) is 9.59 Å². The first kappa shape index (κ1) is 12.7. The van der Waals surface area contributed by atoms with Gasteiger partial charge in [0.2, 0.25) is 5.91 Å². The number of allylic oxidation sites excluding steroid dienone is 1. The van der Waals surface area contributed by atoms with E-state index in [1.807, 2.05) is 6.92 Å². The van der Waals surface area contributed by atoms with Crippen LogP contribution in [0.4, 0.5) is 0 Å². The minimum Gasteiger partial charge on any atom is -0.543 e. The van der Waals surface area contributed by atoms with Crippen LogP contribution < -0.4 is 56.5 Å². The number of thioether (sulfide) groups is 1. The molecule has 0 saturated carbocycles. The second kappa shape index (κ2) is 4.67. The Labute approximate surface area is 129 Å². The minimum absolute atomic E-state index is 0. The first-order valence-electron chi connectivity index (χ1n) is 4.08. The number of carbonyl (C=O) groups excluding carboxylic acids is 2. The van der Waals surface area contributed by atoms with Gasteiger partial charge in [0, 0.05) is 4.91 Å². The number of nitrogens with zero attached hydrogens (tertiary/aromatic N) is 1. The summed E-state index contributed by atoms with van der Waals surface area (Å²) in [6.07, 6.45) is 1.10. The molecule has 0 bridgehead atoms.